The number of alkyl halides is 3. The monoisotopic (exact) mass is 385 g/mol. The smallest absolute Gasteiger partial charge is 0.406 e. The highest BCUT2D eigenvalue weighted by Gasteiger charge is 2.33. The molecule has 0 saturated carbocycles. The Kier molecular flexibility index (Phi) is 5.12. The molecule has 0 saturated heterocycles. The Bertz CT molecular complexity index is 947. The van der Waals surface area contributed by atoms with Crippen LogP contribution in [0.5, 0.6) is 0 Å². The fraction of sp³-hybridized carbons (Fsp3) is 0.312. The summed E-state index contributed by atoms with van der Waals surface area (Å²) in [6.45, 7) is -1.73. The summed E-state index contributed by atoms with van der Waals surface area (Å²) in [5, 5.41) is 2.15. The zero-order valence-electron chi connectivity index (χ0n) is 13.4. The van der Waals surface area contributed by atoms with Crippen LogP contribution >= 0.6 is 11.3 Å². The van der Waals surface area contributed by atoms with Gasteiger partial charge < -0.3 is 9.32 Å². The topological polar surface area (TPSA) is 68.3 Å². The number of fused-ring (bicyclic) bond motifs is 1. The summed E-state index contributed by atoms with van der Waals surface area (Å²) < 4.78 is 44.6. The second kappa shape index (κ2) is 7.32. The summed E-state index contributed by atoms with van der Waals surface area (Å²) in [6.07, 6.45) is -2.16. The molecule has 0 N–H and O–H groups in total. The molecule has 0 spiro atoms. The lowest BCUT2D eigenvalue weighted by molar-refractivity contribution is -0.163. The van der Waals surface area contributed by atoms with Gasteiger partial charge in [-0.05, 0) is 23.6 Å². The normalized spacial score (nSPS) is 11.8. The SMILES string of the molecule is O=C(CCn1cnc2sccc2c1=O)N(Cc1ccco1)CC(F)(F)F. The zero-order valence-corrected chi connectivity index (χ0v) is 14.2. The first-order chi connectivity index (χ1) is 12.3. The van der Waals surface area contributed by atoms with Crippen LogP contribution in [0.15, 0.2) is 45.4 Å². The van der Waals surface area contributed by atoms with Gasteiger partial charge in [-0.1, -0.05) is 0 Å². The lowest BCUT2D eigenvalue weighted by atomic mass is 10.3. The van der Waals surface area contributed by atoms with Gasteiger partial charge in [0.15, 0.2) is 0 Å². The molecule has 6 nitrogen and oxygen atoms in total. The van der Waals surface area contributed by atoms with E-state index in [2.05, 4.69) is 4.98 Å². The number of carbonyl (C=O) groups excluding carboxylic acids is 1. The van der Waals surface area contributed by atoms with E-state index in [9.17, 15) is 22.8 Å². The minimum absolute atomic E-state index is 0.0526. The number of furan rings is 1. The van der Waals surface area contributed by atoms with Crippen molar-refractivity contribution in [3.8, 4) is 0 Å². The van der Waals surface area contributed by atoms with Gasteiger partial charge in [-0.25, -0.2) is 4.98 Å². The van der Waals surface area contributed by atoms with Crippen LogP contribution in [-0.4, -0.2) is 33.1 Å². The highest BCUT2D eigenvalue weighted by molar-refractivity contribution is 7.16. The number of thiophene rings is 1. The first kappa shape index (κ1) is 18.2. The van der Waals surface area contributed by atoms with Crippen LogP contribution in [0, 0.1) is 0 Å². The fourth-order valence-corrected chi connectivity index (χ4v) is 3.19. The van der Waals surface area contributed by atoms with Crippen LogP contribution < -0.4 is 5.56 Å². The Morgan fingerprint density at radius 2 is 2.15 bits per heavy atom. The molecule has 0 fully saturated rings. The van der Waals surface area contributed by atoms with Gasteiger partial charge in [-0.2, -0.15) is 13.2 Å². The third kappa shape index (κ3) is 4.31. The molecule has 0 bridgehead atoms. The highest BCUT2D eigenvalue weighted by Crippen LogP contribution is 2.19. The van der Waals surface area contributed by atoms with Crippen LogP contribution in [0.4, 0.5) is 13.2 Å². The molecule has 0 unspecified atom stereocenters. The number of aromatic nitrogens is 2. The summed E-state index contributed by atoms with van der Waals surface area (Å²) in [4.78, 5) is 29.9. The van der Waals surface area contributed by atoms with Crippen LogP contribution in [0.25, 0.3) is 10.2 Å². The quantitative estimate of drug-likeness (QED) is 0.654. The molecular weight excluding hydrogens is 371 g/mol. The van der Waals surface area contributed by atoms with Gasteiger partial charge in [0.25, 0.3) is 5.56 Å². The number of aryl methyl sites for hydroxylation is 1. The number of halogens is 3. The number of amides is 1. The molecule has 3 aromatic heterocycles. The van der Waals surface area contributed by atoms with Crippen LogP contribution in [0.1, 0.15) is 12.2 Å². The third-order valence-electron chi connectivity index (χ3n) is 3.67. The molecule has 0 aliphatic heterocycles. The van der Waals surface area contributed by atoms with E-state index in [4.69, 9.17) is 4.42 Å². The standard InChI is InChI=1S/C16H14F3N3O3S/c17-16(18,19)9-22(8-11-2-1-6-25-11)13(23)3-5-21-10-20-14-12(15(21)24)4-7-26-14/h1-2,4,6-7,10H,3,5,8-9H2. The molecule has 1 amide bonds. The molecule has 26 heavy (non-hydrogen) atoms. The van der Waals surface area contributed by atoms with Gasteiger partial charge in [0, 0.05) is 13.0 Å². The van der Waals surface area contributed by atoms with E-state index >= 15 is 0 Å². The first-order valence-corrected chi connectivity index (χ1v) is 8.51. The van der Waals surface area contributed by atoms with E-state index in [1.54, 1.807) is 11.4 Å². The van der Waals surface area contributed by atoms with Crippen molar-refractivity contribution < 1.29 is 22.4 Å². The number of hydrogen-bond acceptors (Lipinski definition) is 5. The predicted molar refractivity (Wildman–Crippen MR) is 88.7 cm³/mol. The van der Waals surface area contributed by atoms with E-state index in [-0.39, 0.29) is 30.8 Å². The lowest BCUT2D eigenvalue weighted by Gasteiger charge is -2.23. The van der Waals surface area contributed by atoms with Crippen LogP contribution in [0.3, 0.4) is 0 Å². The molecule has 3 aromatic rings. The second-order valence-corrected chi connectivity index (χ2v) is 6.47. The largest absolute Gasteiger partial charge is 0.467 e. The maximum atomic E-state index is 12.8. The van der Waals surface area contributed by atoms with Crippen molar-refractivity contribution in [2.45, 2.75) is 25.7 Å². The molecule has 138 valence electrons. The molecule has 0 radical (unpaired) electrons. The number of nitrogens with zero attached hydrogens (tertiary/aromatic N) is 3. The summed E-state index contributed by atoms with van der Waals surface area (Å²) in [5.74, 6) is -0.475. The van der Waals surface area contributed by atoms with E-state index in [1.165, 1.54) is 40.6 Å². The fourth-order valence-electron chi connectivity index (χ4n) is 2.47. The van der Waals surface area contributed by atoms with Crippen molar-refractivity contribution in [1.29, 1.82) is 0 Å². The van der Waals surface area contributed by atoms with Crippen molar-refractivity contribution in [1.82, 2.24) is 14.5 Å². The van der Waals surface area contributed by atoms with E-state index in [1.807, 2.05) is 0 Å². The molecule has 3 heterocycles. The maximum absolute atomic E-state index is 12.8. The average molecular weight is 385 g/mol. The Hall–Kier alpha value is -2.62. The minimum atomic E-state index is -4.53. The molecule has 10 heteroatoms. The van der Waals surface area contributed by atoms with E-state index in [0.29, 0.717) is 15.1 Å². The molecule has 3 rings (SSSR count). The van der Waals surface area contributed by atoms with Crippen LogP contribution in [-0.2, 0) is 17.9 Å². The summed E-state index contributed by atoms with van der Waals surface area (Å²) in [6, 6.07) is 4.66. The van der Waals surface area contributed by atoms with Crippen molar-refractivity contribution in [3.05, 3.63) is 52.3 Å². The van der Waals surface area contributed by atoms with E-state index < -0.39 is 18.6 Å². The number of carbonyl (C=O) groups is 1. The summed E-state index contributed by atoms with van der Waals surface area (Å²) in [5.41, 5.74) is -0.322. The highest BCUT2D eigenvalue weighted by atomic mass is 32.1. The molecule has 0 aromatic carbocycles. The van der Waals surface area contributed by atoms with Gasteiger partial charge in [-0.15, -0.1) is 11.3 Å². The Labute approximate surface area is 149 Å². The van der Waals surface area contributed by atoms with Crippen molar-refractivity contribution in [3.63, 3.8) is 0 Å². The van der Waals surface area contributed by atoms with Gasteiger partial charge >= 0.3 is 6.18 Å². The van der Waals surface area contributed by atoms with Crippen molar-refractivity contribution in [2.75, 3.05) is 6.54 Å². The molecule has 0 aliphatic rings. The Morgan fingerprint density at radius 3 is 2.85 bits per heavy atom. The average Bonchev–Trinajstić information content (AvgIpc) is 3.23. The summed E-state index contributed by atoms with van der Waals surface area (Å²) in [7, 11) is 0. The summed E-state index contributed by atoms with van der Waals surface area (Å²) >= 11 is 1.31. The predicted octanol–water partition coefficient (Wildman–Crippen LogP) is 3.03. The lowest BCUT2D eigenvalue weighted by Crippen LogP contribution is -2.39. The molecular formula is C16H14F3N3O3S. The number of rotatable bonds is 6. The molecule has 0 aliphatic carbocycles. The number of hydrogen-bond donors (Lipinski definition) is 0. The Balaban J connectivity index is 1.71. The second-order valence-electron chi connectivity index (χ2n) is 5.58. The third-order valence-corrected chi connectivity index (χ3v) is 4.49. The minimum Gasteiger partial charge on any atom is -0.467 e. The first-order valence-electron chi connectivity index (χ1n) is 7.63. The molecule has 0 atom stereocenters. The van der Waals surface area contributed by atoms with Gasteiger partial charge in [-0.3, -0.25) is 14.2 Å². The van der Waals surface area contributed by atoms with Gasteiger partial charge in [0.2, 0.25) is 5.91 Å². The maximum Gasteiger partial charge on any atom is 0.406 e. The van der Waals surface area contributed by atoms with Gasteiger partial charge in [0.1, 0.15) is 17.1 Å². The van der Waals surface area contributed by atoms with Crippen LogP contribution in [0.2, 0.25) is 0 Å². The van der Waals surface area contributed by atoms with E-state index in [0.717, 1.165) is 0 Å². The Morgan fingerprint density at radius 1 is 1.35 bits per heavy atom. The van der Waals surface area contributed by atoms with Gasteiger partial charge in [0.05, 0.1) is 24.5 Å². The van der Waals surface area contributed by atoms with Crippen molar-refractivity contribution >= 4 is 27.5 Å². The van der Waals surface area contributed by atoms with Crippen molar-refractivity contribution in [2.24, 2.45) is 0 Å². The zero-order chi connectivity index (χ0) is 18.7.